The Hall–Kier alpha value is -2.81. The molecule has 9 heteroatoms. The number of carboxylic acids is 1. The number of aromatic hydroxyl groups is 1. The highest BCUT2D eigenvalue weighted by atomic mass is 35.5. The van der Waals surface area contributed by atoms with Crippen molar-refractivity contribution < 1.29 is 15.0 Å². The molecule has 0 radical (unpaired) electrons. The summed E-state index contributed by atoms with van der Waals surface area (Å²) in [6, 6.07) is 14.1. The molecule has 0 aliphatic carbocycles. The van der Waals surface area contributed by atoms with Gasteiger partial charge in [0.05, 0.1) is 0 Å². The van der Waals surface area contributed by atoms with E-state index in [0.717, 1.165) is 63.4 Å². The summed E-state index contributed by atoms with van der Waals surface area (Å²) in [6.45, 7) is 5.36. The SMILES string of the molecule is Cl.N=C(N)c1ccc(N2CCN(C3CCN(C(C(=O)O)c4ccc(O)cc4)CC3)CC2)cc1. The van der Waals surface area contributed by atoms with Crippen molar-refractivity contribution >= 4 is 29.9 Å². The van der Waals surface area contributed by atoms with E-state index >= 15 is 0 Å². The smallest absolute Gasteiger partial charge is 0.325 e. The number of hydrogen-bond acceptors (Lipinski definition) is 6. The number of piperazine rings is 1. The number of nitrogens with two attached hydrogens (primary N) is 1. The number of nitrogen functional groups attached to an aromatic ring is 1. The Labute approximate surface area is 200 Å². The average Bonchev–Trinajstić information content (AvgIpc) is 2.81. The molecule has 2 aliphatic rings. The number of halogens is 1. The molecule has 0 amide bonds. The average molecular weight is 474 g/mol. The van der Waals surface area contributed by atoms with Crippen molar-refractivity contribution in [2.24, 2.45) is 5.73 Å². The van der Waals surface area contributed by atoms with Gasteiger partial charge in [0.15, 0.2) is 0 Å². The topological polar surface area (TPSA) is 117 Å². The van der Waals surface area contributed by atoms with Gasteiger partial charge < -0.3 is 20.8 Å². The number of carboxylic acid groups (broad SMARTS) is 1. The van der Waals surface area contributed by atoms with E-state index in [2.05, 4.69) is 9.80 Å². The van der Waals surface area contributed by atoms with Crippen LogP contribution in [0.3, 0.4) is 0 Å². The Balaban J connectivity index is 0.00000306. The van der Waals surface area contributed by atoms with Crippen LogP contribution in [0.15, 0.2) is 48.5 Å². The van der Waals surface area contributed by atoms with Crippen molar-refractivity contribution in [3.05, 3.63) is 59.7 Å². The lowest BCUT2D eigenvalue weighted by Gasteiger charge is -2.44. The van der Waals surface area contributed by atoms with E-state index in [4.69, 9.17) is 11.1 Å². The third-order valence-electron chi connectivity index (χ3n) is 6.68. The van der Waals surface area contributed by atoms with E-state index in [1.54, 1.807) is 24.3 Å². The van der Waals surface area contributed by atoms with Crippen LogP contribution in [-0.2, 0) is 4.79 Å². The van der Waals surface area contributed by atoms with Crippen molar-refractivity contribution in [3.8, 4) is 5.75 Å². The molecule has 2 aliphatic heterocycles. The normalized spacial score (nSPS) is 19.0. The summed E-state index contributed by atoms with van der Waals surface area (Å²) in [5, 5.41) is 26.8. The van der Waals surface area contributed by atoms with Gasteiger partial charge >= 0.3 is 5.97 Å². The van der Waals surface area contributed by atoms with Crippen molar-refractivity contribution in [1.29, 1.82) is 5.41 Å². The Morgan fingerprint density at radius 2 is 1.52 bits per heavy atom. The number of anilines is 1. The largest absolute Gasteiger partial charge is 0.508 e. The van der Waals surface area contributed by atoms with E-state index in [1.807, 2.05) is 29.2 Å². The molecule has 5 N–H and O–H groups in total. The highest BCUT2D eigenvalue weighted by Gasteiger charge is 2.33. The quantitative estimate of drug-likeness (QED) is 0.376. The maximum absolute atomic E-state index is 12.0. The second kappa shape index (κ2) is 10.9. The number of piperidine rings is 1. The highest BCUT2D eigenvalue weighted by molar-refractivity contribution is 5.95. The molecule has 2 saturated heterocycles. The fraction of sp³-hybridized carbons (Fsp3) is 0.417. The first-order valence-electron chi connectivity index (χ1n) is 11.1. The van der Waals surface area contributed by atoms with Crippen molar-refractivity contribution in [2.45, 2.75) is 24.9 Å². The second-order valence-electron chi connectivity index (χ2n) is 8.58. The Kier molecular flexibility index (Phi) is 8.18. The molecule has 2 aromatic carbocycles. The van der Waals surface area contributed by atoms with Crippen LogP contribution in [0.4, 0.5) is 5.69 Å². The van der Waals surface area contributed by atoms with E-state index in [1.165, 1.54) is 0 Å². The number of rotatable bonds is 6. The summed E-state index contributed by atoms with van der Waals surface area (Å²) in [5.41, 5.74) is 8.15. The fourth-order valence-corrected chi connectivity index (χ4v) is 4.87. The lowest BCUT2D eigenvalue weighted by Crippen LogP contribution is -2.54. The molecule has 4 rings (SSSR count). The number of phenols is 1. The van der Waals surface area contributed by atoms with Gasteiger partial charge in [0.25, 0.3) is 0 Å². The van der Waals surface area contributed by atoms with Gasteiger partial charge in [-0.15, -0.1) is 12.4 Å². The fourth-order valence-electron chi connectivity index (χ4n) is 4.87. The number of likely N-dealkylation sites (tertiary alicyclic amines) is 1. The molecule has 2 aromatic rings. The summed E-state index contributed by atoms with van der Waals surface area (Å²) in [7, 11) is 0. The van der Waals surface area contributed by atoms with Gasteiger partial charge in [-0.2, -0.15) is 0 Å². The van der Waals surface area contributed by atoms with Crippen LogP contribution < -0.4 is 10.6 Å². The zero-order valence-electron chi connectivity index (χ0n) is 18.6. The van der Waals surface area contributed by atoms with Gasteiger partial charge in [-0.05, 0) is 54.8 Å². The van der Waals surface area contributed by atoms with Gasteiger partial charge in [-0.3, -0.25) is 20.0 Å². The predicted molar refractivity (Wildman–Crippen MR) is 132 cm³/mol. The molecule has 0 aromatic heterocycles. The van der Waals surface area contributed by atoms with E-state index < -0.39 is 12.0 Å². The summed E-state index contributed by atoms with van der Waals surface area (Å²) < 4.78 is 0. The van der Waals surface area contributed by atoms with Crippen LogP contribution in [0.25, 0.3) is 0 Å². The number of phenolic OH excluding ortho intramolecular Hbond substituents is 1. The monoisotopic (exact) mass is 473 g/mol. The summed E-state index contributed by atoms with van der Waals surface area (Å²) >= 11 is 0. The number of amidine groups is 1. The van der Waals surface area contributed by atoms with Crippen LogP contribution in [0.1, 0.15) is 30.0 Å². The first-order chi connectivity index (χ1) is 15.4. The minimum atomic E-state index is -0.849. The second-order valence-corrected chi connectivity index (χ2v) is 8.58. The van der Waals surface area contributed by atoms with E-state index in [0.29, 0.717) is 11.6 Å². The van der Waals surface area contributed by atoms with Gasteiger partial charge in [0.2, 0.25) is 0 Å². The van der Waals surface area contributed by atoms with Crippen LogP contribution in [-0.4, -0.2) is 77.1 Å². The summed E-state index contributed by atoms with van der Waals surface area (Å²) in [5.74, 6) is -0.618. The third kappa shape index (κ3) is 5.76. The number of hydrogen-bond donors (Lipinski definition) is 4. The molecule has 0 saturated carbocycles. The zero-order chi connectivity index (χ0) is 22.7. The maximum atomic E-state index is 12.0. The van der Waals surface area contributed by atoms with Crippen LogP contribution in [0.5, 0.6) is 5.75 Å². The maximum Gasteiger partial charge on any atom is 0.325 e. The molecule has 2 heterocycles. The highest BCUT2D eigenvalue weighted by Crippen LogP contribution is 2.28. The van der Waals surface area contributed by atoms with E-state index in [9.17, 15) is 15.0 Å². The van der Waals surface area contributed by atoms with Gasteiger partial charge in [-0.25, -0.2) is 0 Å². The Morgan fingerprint density at radius 3 is 2.03 bits per heavy atom. The van der Waals surface area contributed by atoms with Crippen LogP contribution in [0.2, 0.25) is 0 Å². The molecule has 0 bridgehead atoms. The van der Waals surface area contributed by atoms with Gasteiger partial charge in [0, 0.05) is 56.6 Å². The summed E-state index contributed by atoms with van der Waals surface area (Å²) in [4.78, 5) is 18.9. The molecule has 1 atom stereocenters. The Morgan fingerprint density at radius 1 is 0.939 bits per heavy atom. The molecule has 0 spiro atoms. The van der Waals surface area contributed by atoms with Crippen LogP contribution >= 0.6 is 12.4 Å². The number of benzene rings is 2. The third-order valence-corrected chi connectivity index (χ3v) is 6.68. The zero-order valence-corrected chi connectivity index (χ0v) is 19.4. The van der Waals surface area contributed by atoms with E-state index in [-0.39, 0.29) is 24.0 Å². The number of aliphatic carboxylic acids is 1. The molecular weight excluding hydrogens is 442 g/mol. The first-order valence-corrected chi connectivity index (χ1v) is 11.1. The van der Waals surface area contributed by atoms with Crippen molar-refractivity contribution in [1.82, 2.24) is 9.80 Å². The van der Waals surface area contributed by atoms with Crippen molar-refractivity contribution in [3.63, 3.8) is 0 Å². The molecule has 8 nitrogen and oxygen atoms in total. The molecular formula is C24H32ClN5O3. The molecule has 2 fully saturated rings. The first kappa shape index (κ1) is 24.8. The minimum absolute atomic E-state index is 0. The Bertz CT molecular complexity index is 938. The predicted octanol–water partition coefficient (Wildman–Crippen LogP) is 2.51. The minimum Gasteiger partial charge on any atom is -0.508 e. The standard InChI is InChI=1S/C24H31N5O3.ClH/c25-23(26)18-1-5-19(6-2-18)27-13-15-28(16-14-27)20-9-11-29(12-10-20)22(24(31)32)17-3-7-21(30)8-4-17;/h1-8,20,22,30H,9-16H2,(H3,25,26)(H,31,32);1H. The van der Waals surface area contributed by atoms with Gasteiger partial charge in [-0.1, -0.05) is 12.1 Å². The number of carbonyl (C=O) groups is 1. The molecule has 178 valence electrons. The number of nitrogens with zero attached hydrogens (tertiary/aromatic N) is 3. The van der Waals surface area contributed by atoms with Gasteiger partial charge in [0.1, 0.15) is 17.6 Å². The molecule has 33 heavy (non-hydrogen) atoms. The lowest BCUT2D eigenvalue weighted by atomic mass is 9.97. The van der Waals surface area contributed by atoms with Crippen molar-refractivity contribution in [2.75, 3.05) is 44.2 Å². The lowest BCUT2D eigenvalue weighted by molar-refractivity contribution is -0.144. The van der Waals surface area contributed by atoms with Crippen LogP contribution in [0, 0.1) is 5.41 Å². The summed E-state index contributed by atoms with van der Waals surface area (Å²) in [6.07, 6.45) is 1.91. The number of nitrogens with one attached hydrogen (secondary N) is 1. The molecule has 1 unspecified atom stereocenters.